The molecule has 0 saturated carbocycles. The van der Waals surface area contributed by atoms with E-state index >= 15 is 0 Å². The fourth-order valence-corrected chi connectivity index (χ4v) is 1.60. The summed E-state index contributed by atoms with van der Waals surface area (Å²) < 4.78 is 5.27. The SMILES string of the molecule is COc1ccccc1-c1cc(N/C(C)=N/O)[nH]n1. The zero-order valence-electron chi connectivity index (χ0n) is 10.1. The van der Waals surface area contributed by atoms with Gasteiger partial charge >= 0.3 is 0 Å². The van der Waals surface area contributed by atoms with Crippen molar-refractivity contribution in [3.8, 4) is 17.0 Å². The van der Waals surface area contributed by atoms with E-state index in [4.69, 9.17) is 9.94 Å². The van der Waals surface area contributed by atoms with E-state index in [1.165, 1.54) is 0 Å². The van der Waals surface area contributed by atoms with E-state index in [2.05, 4.69) is 20.7 Å². The van der Waals surface area contributed by atoms with E-state index in [1.807, 2.05) is 30.3 Å². The van der Waals surface area contributed by atoms with Crippen LogP contribution in [0.15, 0.2) is 35.5 Å². The van der Waals surface area contributed by atoms with Crippen molar-refractivity contribution in [2.45, 2.75) is 6.92 Å². The Morgan fingerprint density at radius 1 is 1.44 bits per heavy atom. The molecule has 0 aliphatic rings. The summed E-state index contributed by atoms with van der Waals surface area (Å²) in [5, 5.41) is 21.5. The van der Waals surface area contributed by atoms with Crippen molar-refractivity contribution in [3.63, 3.8) is 0 Å². The van der Waals surface area contributed by atoms with Gasteiger partial charge in [-0.3, -0.25) is 5.10 Å². The van der Waals surface area contributed by atoms with Crippen molar-refractivity contribution in [2.75, 3.05) is 12.4 Å². The molecule has 18 heavy (non-hydrogen) atoms. The molecule has 3 N–H and O–H groups in total. The summed E-state index contributed by atoms with van der Waals surface area (Å²) >= 11 is 0. The van der Waals surface area contributed by atoms with Gasteiger partial charge in [-0.15, -0.1) is 0 Å². The molecule has 0 atom stereocenters. The maximum Gasteiger partial charge on any atom is 0.144 e. The van der Waals surface area contributed by atoms with Gasteiger partial charge in [0.25, 0.3) is 0 Å². The van der Waals surface area contributed by atoms with Gasteiger partial charge in [0, 0.05) is 11.6 Å². The summed E-state index contributed by atoms with van der Waals surface area (Å²) in [6, 6.07) is 9.42. The van der Waals surface area contributed by atoms with Crippen molar-refractivity contribution >= 4 is 11.7 Å². The lowest BCUT2D eigenvalue weighted by molar-refractivity contribution is 0.318. The van der Waals surface area contributed by atoms with Gasteiger partial charge in [0.2, 0.25) is 0 Å². The van der Waals surface area contributed by atoms with E-state index in [9.17, 15) is 0 Å². The number of para-hydroxylation sites is 1. The lowest BCUT2D eigenvalue weighted by Crippen LogP contribution is -2.06. The van der Waals surface area contributed by atoms with E-state index in [0.29, 0.717) is 11.7 Å². The summed E-state index contributed by atoms with van der Waals surface area (Å²) in [6.45, 7) is 1.64. The summed E-state index contributed by atoms with van der Waals surface area (Å²) in [5.74, 6) is 1.78. The lowest BCUT2D eigenvalue weighted by Gasteiger charge is -2.04. The molecule has 6 nitrogen and oxygen atoms in total. The predicted molar refractivity (Wildman–Crippen MR) is 69.1 cm³/mol. The molecule has 2 rings (SSSR count). The lowest BCUT2D eigenvalue weighted by atomic mass is 10.1. The number of nitrogens with one attached hydrogen (secondary N) is 2. The Labute approximate surface area is 104 Å². The van der Waals surface area contributed by atoms with Gasteiger partial charge in [0.15, 0.2) is 0 Å². The minimum absolute atomic E-state index is 0.380. The molecular formula is C12H14N4O2. The van der Waals surface area contributed by atoms with Crippen LogP contribution in [-0.2, 0) is 0 Å². The molecule has 1 heterocycles. The van der Waals surface area contributed by atoms with Crippen molar-refractivity contribution in [3.05, 3.63) is 30.3 Å². The van der Waals surface area contributed by atoms with Crippen molar-refractivity contribution in [1.82, 2.24) is 10.2 Å². The number of amidine groups is 1. The average molecular weight is 246 g/mol. The number of aromatic nitrogens is 2. The Kier molecular flexibility index (Phi) is 3.47. The minimum atomic E-state index is 0.380. The van der Waals surface area contributed by atoms with Gasteiger partial charge in [-0.05, 0) is 19.1 Å². The van der Waals surface area contributed by atoms with Gasteiger partial charge in [0.05, 0.1) is 12.8 Å². The van der Waals surface area contributed by atoms with Crippen molar-refractivity contribution in [2.24, 2.45) is 5.16 Å². The summed E-state index contributed by atoms with van der Waals surface area (Å²) in [7, 11) is 1.62. The Hall–Kier alpha value is -2.50. The van der Waals surface area contributed by atoms with Crippen LogP contribution in [0.4, 0.5) is 5.82 Å². The quantitative estimate of drug-likeness (QED) is 0.336. The molecule has 0 bridgehead atoms. The highest BCUT2D eigenvalue weighted by molar-refractivity contribution is 5.92. The largest absolute Gasteiger partial charge is 0.496 e. The van der Waals surface area contributed by atoms with Crippen LogP contribution in [-0.4, -0.2) is 28.4 Å². The molecule has 0 saturated heterocycles. The van der Waals surface area contributed by atoms with Crippen LogP contribution in [0.1, 0.15) is 6.92 Å². The predicted octanol–water partition coefficient (Wildman–Crippen LogP) is 2.30. The average Bonchev–Trinajstić information content (AvgIpc) is 2.86. The fraction of sp³-hybridized carbons (Fsp3) is 0.167. The third kappa shape index (κ3) is 2.42. The Bertz CT molecular complexity index is 563. The van der Waals surface area contributed by atoms with Crippen molar-refractivity contribution in [1.29, 1.82) is 0 Å². The number of H-pyrrole nitrogens is 1. The molecule has 0 fully saturated rings. The maximum absolute atomic E-state index is 8.57. The highest BCUT2D eigenvalue weighted by atomic mass is 16.5. The summed E-state index contributed by atoms with van der Waals surface area (Å²) in [4.78, 5) is 0. The normalized spacial score (nSPS) is 11.3. The molecule has 0 amide bonds. The molecule has 0 spiro atoms. The minimum Gasteiger partial charge on any atom is -0.496 e. The fourth-order valence-electron chi connectivity index (χ4n) is 1.60. The van der Waals surface area contributed by atoms with Crippen molar-refractivity contribution < 1.29 is 9.94 Å². The standard InChI is InChI=1S/C12H14N4O2/c1-8(16-17)13-12-7-10(14-15-12)9-5-3-4-6-11(9)18-2/h3-7,17H,1-2H3,(H2,13,14,15,16). The number of rotatable bonds is 3. The Morgan fingerprint density at radius 3 is 2.94 bits per heavy atom. The van der Waals surface area contributed by atoms with E-state index < -0.39 is 0 Å². The first kappa shape index (κ1) is 12.0. The topological polar surface area (TPSA) is 82.5 Å². The number of hydrogen-bond donors (Lipinski definition) is 3. The van der Waals surface area contributed by atoms with E-state index in [0.717, 1.165) is 17.0 Å². The number of oxime groups is 1. The summed E-state index contributed by atoms with van der Waals surface area (Å²) in [5.41, 5.74) is 1.64. The molecule has 1 aromatic heterocycles. The number of benzene rings is 1. The van der Waals surface area contributed by atoms with Gasteiger partial charge in [-0.1, -0.05) is 17.3 Å². The van der Waals surface area contributed by atoms with Crippen LogP contribution >= 0.6 is 0 Å². The zero-order valence-corrected chi connectivity index (χ0v) is 10.1. The number of aromatic amines is 1. The second-order valence-corrected chi connectivity index (χ2v) is 3.68. The van der Waals surface area contributed by atoms with E-state index in [-0.39, 0.29) is 0 Å². The smallest absolute Gasteiger partial charge is 0.144 e. The van der Waals surface area contributed by atoms with Crippen LogP contribution in [0.3, 0.4) is 0 Å². The first-order chi connectivity index (χ1) is 8.74. The molecule has 2 aromatic rings. The van der Waals surface area contributed by atoms with Gasteiger partial charge in [-0.25, -0.2) is 0 Å². The van der Waals surface area contributed by atoms with Gasteiger partial charge in [-0.2, -0.15) is 5.10 Å². The number of ether oxygens (including phenoxy) is 1. The highest BCUT2D eigenvalue weighted by Gasteiger charge is 2.09. The third-order valence-electron chi connectivity index (χ3n) is 2.43. The number of nitrogens with zero attached hydrogens (tertiary/aromatic N) is 2. The molecule has 94 valence electrons. The maximum atomic E-state index is 8.57. The van der Waals surface area contributed by atoms with E-state index in [1.54, 1.807) is 14.0 Å². The van der Waals surface area contributed by atoms with Gasteiger partial charge in [0.1, 0.15) is 17.4 Å². The van der Waals surface area contributed by atoms with Crippen LogP contribution in [0.25, 0.3) is 11.3 Å². The second-order valence-electron chi connectivity index (χ2n) is 3.68. The number of hydrogen-bond acceptors (Lipinski definition) is 4. The molecule has 6 heteroatoms. The number of anilines is 1. The Balaban J connectivity index is 2.29. The van der Waals surface area contributed by atoms with Crippen LogP contribution in [0.2, 0.25) is 0 Å². The number of methoxy groups -OCH3 is 1. The first-order valence-corrected chi connectivity index (χ1v) is 5.39. The molecule has 0 aliphatic carbocycles. The molecule has 0 radical (unpaired) electrons. The molecular weight excluding hydrogens is 232 g/mol. The zero-order chi connectivity index (χ0) is 13.0. The van der Waals surface area contributed by atoms with Crippen LogP contribution in [0.5, 0.6) is 5.75 Å². The first-order valence-electron chi connectivity index (χ1n) is 5.39. The third-order valence-corrected chi connectivity index (χ3v) is 2.43. The second kappa shape index (κ2) is 5.22. The highest BCUT2D eigenvalue weighted by Crippen LogP contribution is 2.29. The monoisotopic (exact) mass is 246 g/mol. The molecule has 0 aliphatic heterocycles. The van der Waals surface area contributed by atoms with Crippen LogP contribution < -0.4 is 10.1 Å². The van der Waals surface area contributed by atoms with Gasteiger partial charge < -0.3 is 15.3 Å². The Morgan fingerprint density at radius 2 is 2.22 bits per heavy atom. The molecule has 1 aromatic carbocycles. The van der Waals surface area contributed by atoms with Crippen LogP contribution in [0, 0.1) is 0 Å². The summed E-state index contributed by atoms with van der Waals surface area (Å²) in [6.07, 6.45) is 0. The molecule has 0 unspecified atom stereocenters.